The van der Waals surface area contributed by atoms with E-state index in [1.807, 2.05) is 13.8 Å². The third-order valence-corrected chi connectivity index (χ3v) is 2.69. The molecule has 8 nitrogen and oxygen atoms in total. The maximum atomic E-state index is 12.2. The lowest BCUT2D eigenvalue weighted by atomic mass is 10.0. The van der Waals surface area contributed by atoms with Gasteiger partial charge < -0.3 is 20.5 Å². The summed E-state index contributed by atoms with van der Waals surface area (Å²) < 4.78 is 10.0. The van der Waals surface area contributed by atoms with Gasteiger partial charge >= 0.3 is 0 Å². The lowest BCUT2D eigenvalue weighted by Crippen LogP contribution is -2.55. The minimum atomic E-state index is -0.534. The number of amides is 1. The van der Waals surface area contributed by atoms with Crippen LogP contribution in [0.3, 0.4) is 0 Å². The van der Waals surface area contributed by atoms with Crippen LogP contribution in [-0.4, -0.2) is 57.6 Å². The minimum Gasteiger partial charge on any atom is -0.394 e. The molecule has 0 radical (unpaired) electrons. The molecule has 0 bridgehead atoms. The summed E-state index contributed by atoms with van der Waals surface area (Å²) in [5, 5.41) is 16.0. The third kappa shape index (κ3) is 2.44. The van der Waals surface area contributed by atoms with E-state index in [0.717, 1.165) is 0 Å². The summed E-state index contributed by atoms with van der Waals surface area (Å²) in [5.74, 6) is -0.409. The first-order valence-corrected chi connectivity index (χ1v) is 5.59. The molecule has 1 amide bonds. The van der Waals surface area contributed by atoms with Crippen molar-refractivity contribution in [1.29, 1.82) is 0 Å². The molecular weight excluding hydrogens is 240 g/mol. The van der Waals surface area contributed by atoms with Crippen molar-refractivity contribution in [2.45, 2.75) is 25.6 Å². The molecule has 0 spiro atoms. The van der Waals surface area contributed by atoms with Gasteiger partial charge in [0.15, 0.2) is 0 Å². The van der Waals surface area contributed by atoms with Gasteiger partial charge in [0.1, 0.15) is 0 Å². The van der Waals surface area contributed by atoms with Crippen LogP contribution in [0.1, 0.15) is 24.3 Å². The van der Waals surface area contributed by atoms with E-state index in [-0.39, 0.29) is 30.6 Å². The van der Waals surface area contributed by atoms with Crippen LogP contribution in [0.2, 0.25) is 0 Å². The molecule has 1 aromatic rings. The maximum Gasteiger partial charge on any atom is 0.280 e. The number of carbonyl (C=O) groups excluding carboxylic acids is 1. The fraction of sp³-hybridized carbons (Fsp3) is 0.700. The molecule has 1 fully saturated rings. The summed E-state index contributed by atoms with van der Waals surface area (Å²) in [7, 11) is 0. The van der Waals surface area contributed by atoms with Crippen LogP contribution in [0.15, 0.2) is 4.63 Å². The molecular formula is C10H16N4O4. The topological polar surface area (TPSA) is 115 Å². The second-order valence-electron chi connectivity index (χ2n) is 4.87. The highest BCUT2D eigenvalue weighted by Gasteiger charge is 2.37. The van der Waals surface area contributed by atoms with Crippen LogP contribution in [-0.2, 0) is 4.74 Å². The lowest BCUT2D eigenvalue weighted by molar-refractivity contribution is -0.139. The number of hydrogen-bond donors (Lipinski definition) is 2. The Morgan fingerprint density at radius 1 is 1.61 bits per heavy atom. The molecule has 1 atom stereocenters. The minimum absolute atomic E-state index is 0.00982. The molecule has 0 aliphatic carbocycles. The first kappa shape index (κ1) is 12.8. The molecule has 8 heteroatoms. The largest absolute Gasteiger partial charge is 0.394 e. The Bertz CT molecular complexity index is 445. The van der Waals surface area contributed by atoms with Gasteiger partial charge in [-0.25, -0.2) is 4.63 Å². The van der Waals surface area contributed by atoms with Gasteiger partial charge in [0.2, 0.25) is 11.5 Å². The number of ether oxygens (including phenoxy) is 1. The smallest absolute Gasteiger partial charge is 0.280 e. The fourth-order valence-electron chi connectivity index (χ4n) is 2.04. The number of aliphatic hydroxyl groups excluding tert-OH is 1. The van der Waals surface area contributed by atoms with Crippen LogP contribution >= 0.6 is 0 Å². The second kappa shape index (κ2) is 4.54. The van der Waals surface area contributed by atoms with Gasteiger partial charge in [-0.05, 0) is 24.2 Å². The number of aliphatic hydroxyl groups is 1. The first-order chi connectivity index (χ1) is 8.43. The Hall–Kier alpha value is -1.67. The quantitative estimate of drug-likeness (QED) is 0.716. The molecule has 3 N–H and O–H groups in total. The van der Waals surface area contributed by atoms with Crippen molar-refractivity contribution in [3.05, 3.63) is 5.69 Å². The summed E-state index contributed by atoms with van der Waals surface area (Å²) >= 11 is 0. The van der Waals surface area contributed by atoms with E-state index < -0.39 is 11.7 Å². The van der Waals surface area contributed by atoms with Gasteiger partial charge in [-0.15, -0.1) is 0 Å². The van der Waals surface area contributed by atoms with Crippen molar-refractivity contribution in [2.24, 2.45) is 0 Å². The molecule has 1 unspecified atom stereocenters. The van der Waals surface area contributed by atoms with Crippen LogP contribution < -0.4 is 5.73 Å². The number of aromatic nitrogens is 2. The van der Waals surface area contributed by atoms with E-state index in [1.165, 1.54) is 4.90 Å². The molecule has 1 aromatic heterocycles. The van der Waals surface area contributed by atoms with Crippen molar-refractivity contribution in [3.63, 3.8) is 0 Å². The van der Waals surface area contributed by atoms with Crippen LogP contribution in [0.5, 0.6) is 0 Å². The molecule has 100 valence electrons. The fourth-order valence-corrected chi connectivity index (χ4v) is 2.04. The van der Waals surface area contributed by atoms with Crippen molar-refractivity contribution in [3.8, 4) is 0 Å². The second-order valence-corrected chi connectivity index (χ2v) is 4.87. The van der Waals surface area contributed by atoms with Gasteiger partial charge in [-0.2, -0.15) is 0 Å². The number of rotatable bonds is 2. The van der Waals surface area contributed by atoms with E-state index in [1.54, 1.807) is 0 Å². The Kier molecular flexibility index (Phi) is 3.22. The zero-order chi connectivity index (χ0) is 13.3. The number of nitrogen functional groups attached to an aromatic ring is 1. The van der Waals surface area contributed by atoms with Crippen LogP contribution in [0.4, 0.5) is 5.82 Å². The average Bonchev–Trinajstić information content (AvgIpc) is 2.72. The molecule has 0 aromatic carbocycles. The third-order valence-electron chi connectivity index (χ3n) is 2.69. The Labute approximate surface area is 104 Å². The SMILES string of the molecule is CC1(C)CN(C(=O)c2nonc2N)CC(CO)O1. The zero-order valence-corrected chi connectivity index (χ0v) is 10.3. The monoisotopic (exact) mass is 256 g/mol. The molecule has 1 aliphatic heterocycles. The number of nitrogens with two attached hydrogens (primary N) is 1. The summed E-state index contributed by atoms with van der Waals surface area (Å²) in [6, 6.07) is 0. The van der Waals surface area contributed by atoms with Gasteiger partial charge in [0, 0.05) is 13.1 Å². The maximum absolute atomic E-state index is 12.2. The Morgan fingerprint density at radius 2 is 2.33 bits per heavy atom. The van der Waals surface area contributed by atoms with Crippen molar-refractivity contribution in [2.75, 3.05) is 25.4 Å². The van der Waals surface area contributed by atoms with Crippen molar-refractivity contribution in [1.82, 2.24) is 15.2 Å². The molecule has 18 heavy (non-hydrogen) atoms. The first-order valence-electron chi connectivity index (χ1n) is 5.59. The van der Waals surface area contributed by atoms with Gasteiger partial charge in [-0.1, -0.05) is 0 Å². The predicted molar refractivity (Wildman–Crippen MR) is 60.7 cm³/mol. The molecule has 0 saturated carbocycles. The van der Waals surface area contributed by atoms with Crippen molar-refractivity contribution >= 4 is 11.7 Å². The highest BCUT2D eigenvalue weighted by atomic mass is 16.6. The Balaban J connectivity index is 2.17. The highest BCUT2D eigenvalue weighted by Crippen LogP contribution is 2.22. The van der Waals surface area contributed by atoms with Crippen molar-refractivity contribution < 1.29 is 19.3 Å². The highest BCUT2D eigenvalue weighted by molar-refractivity contribution is 5.96. The number of morpholine rings is 1. The van der Waals surface area contributed by atoms with Gasteiger partial charge in [0.25, 0.3) is 5.91 Å². The number of anilines is 1. The number of hydrogen-bond acceptors (Lipinski definition) is 7. The molecule has 2 rings (SSSR count). The van der Waals surface area contributed by atoms with Crippen LogP contribution in [0.25, 0.3) is 0 Å². The normalized spacial score (nSPS) is 23.1. The summed E-state index contributed by atoms with van der Waals surface area (Å²) in [5.41, 5.74) is 4.94. The van der Waals surface area contributed by atoms with Crippen LogP contribution in [0, 0.1) is 0 Å². The molecule has 1 aliphatic rings. The van der Waals surface area contributed by atoms with E-state index in [4.69, 9.17) is 10.5 Å². The standard InChI is InChI=1S/C10H16N4O4/c1-10(2)5-14(3-6(4-15)17-10)9(16)7-8(11)13-18-12-7/h6,15H,3-5H2,1-2H3,(H2,11,13). The predicted octanol–water partition coefficient (Wildman–Crippen LogP) is -0.736. The average molecular weight is 256 g/mol. The lowest BCUT2D eigenvalue weighted by Gasteiger charge is -2.41. The summed E-state index contributed by atoms with van der Waals surface area (Å²) in [4.78, 5) is 13.7. The van der Waals surface area contributed by atoms with E-state index in [0.29, 0.717) is 6.54 Å². The summed E-state index contributed by atoms with van der Waals surface area (Å²) in [6.07, 6.45) is -0.418. The van der Waals surface area contributed by atoms with E-state index >= 15 is 0 Å². The van der Waals surface area contributed by atoms with E-state index in [9.17, 15) is 9.90 Å². The molecule has 1 saturated heterocycles. The number of nitrogens with zero attached hydrogens (tertiary/aromatic N) is 3. The number of carbonyl (C=O) groups is 1. The Morgan fingerprint density at radius 3 is 2.89 bits per heavy atom. The van der Waals surface area contributed by atoms with E-state index in [2.05, 4.69) is 14.9 Å². The zero-order valence-electron chi connectivity index (χ0n) is 10.3. The van der Waals surface area contributed by atoms with Gasteiger partial charge in [-0.3, -0.25) is 4.79 Å². The van der Waals surface area contributed by atoms with Gasteiger partial charge in [0.05, 0.1) is 18.3 Å². The summed E-state index contributed by atoms with van der Waals surface area (Å²) in [6.45, 7) is 4.21. The molecule has 2 heterocycles.